The predicted octanol–water partition coefficient (Wildman–Crippen LogP) is 2.63. The van der Waals surface area contributed by atoms with Gasteiger partial charge in [0.15, 0.2) is 5.41 Å². The minimum absolute atomic E-state index is 0.0381. The van der Waals surface area contributed by atoms with Gasteiger partial charge in [0.1, 0.15) is 0 Å². The first-order chi connectivity index (χ1) is 9.23. The summed E-state index contributed by atoms with van der Waals surface area (Å²) >= 11 is 0. The van der Waals surface area contributed by atoms with E-state index in [-0.39, 0.29) is 12.8 Å². The fraction of sp³-hybridized carbons (Fsp3) is 0.600. The average Bonchev–Trinajstić information content (AvgIpc) is 2.39. The Bertz CT molecular complexity index is 397. The first-order valence-corrected chi connectivity index (χ1v) is 10.2. The molecule has 0 aromatic heterocycles. The molecule has 5 heteroatoms. The van der Waals surface area contributed by atoms with Crippen LogP contribution in [0.1, 0.15) is 12.8 Å². The summed E-state index contributed by atoms with van der Waals surface area (Å²) in [5.74, 6) is 1.06. The molecule has 0 spiro atoms. The zero-order chi connectivity index (χ0) is 15.8. The number of carbonyl (C=O) groups excluding carboxylic acids is 2. The van der Waals surface area contributed by atoms with Gasteiger partial charge in [-0.3, -0.25) is 9.59 Å². The maximum atomic E-state index is 12.0. The monoisotopic (exact) mass is 296 g/mol. The smallest absolute Gasteiger partial charge is 0.324 e. The molecule has 0 atom stereocenters. The van der Waals surface area contributed by atoms with Crippen molar-refractivity contribution < 1.29 is 19.1 Å². The second kappa shape index (κ2) is 7.90. The number of esters is 2. The van der Waals surface area contributed by atoms with E-state index in [9.17, 15) is 9.59 Å². The molecule has 20 heavy (non-hydrogen) atoms. The summed E-state index contributed by atoms with van der Waals surface area (Å²) in [7, 11) is 1.27. The van der Waals surface area contributed by atoms with Crippen LogP contribution >= 0.6 is 0 Å². The number of ether oxygens (including phenoxy) is 2. The molecule has 0 aromatic carbocycles. The normalized spacial score (nSPS) is 12.0. The molecule has 0 saturated carbocycles. The number of allylic oxidation sites excluding steroid dienone is 2. The molecular formula is C15H24O4Si. The summed E-state index contributed by atoms with van der Waals surface area (Å²) in [5, 5.41) is 0. The van der Waals surface area contributed by atoms with Crippen LogP contribution in [-0.2, 0) is 19.1 Å². The van der Waals surface area contributed by atoms with Crippen LogP contribution in [0.5, 0.6) is 0 Å². The van der Waals surface area contributed by atoms with Crippen LogP contribution in [0.25, 0.3) is 0 Å². The highest BCUT2D eigenvalue weighted by atomic mass is 28.3. The standard InChI is InChI=1S/C15H24O4Si/c1-7-10-15(13(16)18-2,14(17)19-3)11-8-9-12-20(4,5)6/h1,8-9H,10-12H2,2-6H3/b9-8+. The summed E-state index contributed by atoms with van der Waals surface area (Å²) in [6, 6.07) is 0.974. The summed E-state index contributed by atoms with van der Waals surface area (Å²) in [5.41, 5.74) is -1.44. The number of hydrogen-bond acceptors (Lipinski definition) is 4. The molecular weight excluding hydrogens is 272 g/mol. The number of rotatable bonds is 7. The van der Waals surface area contributed by atoms with Crippen LogP contribution < -0.4 is 0 Å². The van der Waals surface area contributed by atoms with Gasteiger partial charge in [-0.1, -0.05) is 31.8 Å². The molecule has 0 aromatic rings. The molecule has 112 valence electrons. The van der Waals surface area contributed by atoms with Gasteiger partial charge in [-0.05, 0) is 12.5 Å². The van der Waals surface area contributed by atoms with Crippen molar-refractivity contribution in [3.05, 3.63) is 12.2 Å². The number of methoxy groups -OCH3 is 2. The minimum atomic E-state index is -1.44. The summed E-state index contributed by atoms with van der Waals surface area (Å²) in [6.45, 7) is 6.73. The second-order valence-corrected chi connectivity index (χ2v) is 11.4. The molecule has 0 bridgehead atoms. The van der Waals surface area contributed by atoms with E-state index < -0.39 is 25.4 Å². The Morgan fingerprint density at radius 2 is 1.65 bits per heavy atom. The minimum Gasteiger partial charge on any atom is -0.468 e. The molecule has 0 unspecified atom stereocenters. The number of carbonyl (C=O) groups is 2. The largest absolute Gasteiger partial charge is 0.468 e. The molecule has 0 amide bonds. The van der Waals surface area contributed by atoms with Crippen molar-refractivity contribution in [2.24, 2.45) is 5.41 Å². The van der Waals surface area contributed by atoms with Crippen LogP contribution in [-0.4, -0.2) is 34.2 Å². The van der Waals surface area contributed by atoms with Crippen molar-refractivity contribution in [3.8, 4) is 12.3 Å². The van der Waals surface area contributed by atoms with Crippen LogP contribution in [0.2, 0.25) is 25.7 Å². The van der Waals surface area contributed by atoms with E-state index in [2.05, 4.69) is 25.6 Å². The highest BCUT2D eigenvalue weighted by molar-refractivity contribution is 6.76. The quantitative estimate of drug-likeness (QED) is 0.238. The van der Waals surface area contributed by atoms with E-state index in [1.54, 1.807) is 0 Å². The summed E-state index contributed by atoms with van der Waals surface area (Å²) < 4.78 is 9.46. The first kappa shape index (κ1) is 18.5. The molecule has 0 heterocycles. The Hall–Kier alpha value is -1.54. The molecule has 0 N–H and O–H groups in total. The Labute approximate surface area is 122 Å². The van der Waals surface area contributed by atoms with Gasteiger partial charge in [0.05, 0.1) is 14.2 Å². The summed E-state index contributed by atoms with van der Waals surface area (Å²) in [4.78, 5) is 23.9. The third-order valence-corrected chi connectivity index (χ3v) is 4.38. The molecule has 0 aliphatic rings. The van der Waals surface area contributed by atoms with Gasteiger partial charge in [-0.15, -0.1) is 12.3 Å². The van der Waals surface area contributed by atoms with E-state index in [1.807, 2.05) is 12.2 Å². The van der Waals surface area contributed by atoms with Gasteiger partial charge in [0.2, 0.25) is 0 Å². The SMILES string of the molecule is C#CCC(C/C=C/C[Si](C)(C)C)(C(=O)OC)C(=O)OC. The van der Waals surface area contributed by atoms with Crippen LogP contribution in [0.4, 0.5) is 0 Å². The third kappa shape index (κ3) is 5.22. The van der Waals surface area contributed by atoms with E-state index in [0.29, 0.717) is 0 Å². The Kier molecular flexibility index (Phi) is 7.29. The van der Waals surface area contributed by atoms with Gasteiger partial charge in [-0.25, -0.2) is 0 Å². The lowest BCUT2D eigenvalue weighted by atomic mass is 9.81. The topological polar surface area (TPSA) is 52.6 Å². The van der Waals surface area contributed by atoms with Crippen molar-refractivity contribution in [2.75, 3.05) is 14.2 Å². The molecule has 0 radical (unpaired) electrons. The van der Waals surface area contributed by atoms with Gasteiger partial charge in [-0.2, -0.15) is 0 Å². The van der Waals surface area contributed by atoms with E-state index in [4.69, 9.17) is 15.9 Å². The van der Waals surface area contributed by atoms with Gasteiger partial charge in [0, 0.05) is 14.5 Å². The highest BCUT2D eigenvalue weighted by Crippen LogP contribution is 2.30. The Morgan fingerprint density at radius 1 is 1.15 bits per heavy atom. The van der Waals surface area contributed by atoms with E-state index in [1.165, 1.54) is 14.2 Å². The predicted molar refractivity (Wildman–Crippen MR) is 81.8 cm³/mol. The van der Waals surface area contributed by atoms with Gasteiger partial charge in [0.25, 0.3) is 0 Å². The van der Waals surface area contributed by atoms with E-state index in [0.717, 1.165) is 6.04 Å². The molecule has 0 saturated heterocycles. The highest BCUT2D eigenvalue weighted by Gasteiger charge is 2.46. The maximum absolute atomic E-state index is 12.0. The molecule has 0 aliphatic carbocycles. The van der Waals surface area contributed by atoms with Crippen molar-refractivity contribution in [2.45, 2.75) is 38.5 Å². The Balaban J connectivity index is 5.17. The van der Waals surface area contributed by atoms with Gasteiger partial charge < -0.3 is 9.47 Å². The number of terminal acetylenes is 1. The average molecular weight is 296 g/mol. The fourth-order valence-electron chi connectivity index (χ4n) is 1.75. The summed E-state index contributed by atoms with van der Waals surface area (Å²) in [6.07, 6.45) is 9.27. The lowest BCUT2D eigenvalue weighted by Gasteiger charge is -2.25. The lowest BCUT2D eigenvalue weighted by Crippen LogP contribution is -2.40. The van der Waals surface area contributed by atoms with Crippen molar-refractivity contribution in [1.29, 1.82) is 0 Å². The van der Waals surface area contributed by atoms with Crippen molar-refractivity contribution in [3.63, 3.8) is 0 Å². The third-order valence-electron chi connectivity index (χ3n) is 2.92. The second-order valence-electron chi connectivity index (χ2n) is 5.89. The number of hydrogen-bond donors (Lipinski definition) is 0. The fourth-order valence-corrected chi connectivity index (χ4v) is 2.63. The molecule has 0 rings (SSSR count). The molecule has 0 aliphatic heterocycles. The van der Waals surface area contributed by atoms with Crippen LogP contribution in [0.15, 0.2) is 12.2 Å². The Morgan fingerprint density at radius 3 is 2.00 bits per heavy atom. The van der Waals surface area contributed by atoms with E-state index >= 15 is 0 Å². The maximum Gasteiger partial charge on any atom is 0.324 e. The lowest BCUT2D eigenvalue weighted by molar-refractivity contribution is -0.168. The zero-order valence-corrected chi connectivity index (χ0v) is 14.0. The van der Waals surface area contributed by atoms with Crippen LogP contribution in [0, 0.1) is 17.8 Å². The molecule has 4 nitrogen and oxygen atoms in total. The molecule has 0 fully saturated rings. The first-order valence-electron chi connectivity index (χ1n) is 6.49. The van der Waals surface area contributed by atoms with Crippen molar-refractivity contribution >= 4 is 20.0 Å². The van der Waals surface area contributed by atoms with Gasteiger partial charge >= 0.3 is 11.9 Å². The van der Waals surface area contributed by atoms with Crippen molar-refractivity contribution in [1.82, 2.24) is 0 Å². The zero-order valence-electron chi connectivity index (χ0n) is 13.0. The van der Waals surface area contributed by atoms with Crippen LogP contribution in [0.3, 0.4) is 0 Å².